The van der Waals surface area contributed by atoms with Crippen LogP contribution < -0.4 is 4.74 Å². The zero-order valence-electron chi connectivity index (χ0n) is 18.4. The lowest BCUT2D eigenvalue weighted by molar-refractivity contribution is -0.137. The number of hydrogen-bond acceptors (Lipinski definition) is 4. The van der Waals surface area contributed by atoms with Crippen molar-refractivity contribution in [1.29, 1.82) is 0 Å². The normalized spacial score (nSPS) is 19.0. The quantitative estimate of drug-likeness (QED) is 0.699. The van der Waals surface area contributed by atoms with Gasteiger partial charge in [0, 0.05) is 43.4 Å². The summed E-state index contributed by atoms with van der Waals surface area (Å²) in [4.78, 5) is 18.6. The number of aliphatic hydroxyl groups is 1. The van der Waals surface area contributed by atoms with Crippen LogP contribution in [0.25, 0.3) is 0 Å². The molecule has 160 valence electrons. The fourth-order valence-electron chi connectivity index (χ4n) is 4.51. The van der Waals surface area contributed by atoms with Gasteiger partial charge in [0.1, 0.15) is 12.4 Å². The van der Waals surface area contributed by atoms with Gasteiger partial charge in [0.25, 0.3) is 0 Å². The number of carbonyl (C=O) groups excluding carboxylic acids is 1. The average Bonchev–Trinajstić information content (AvgIpc) is 2.75. The molecule has 0 fully saturated rings. The molecule has 0 bridgehead atoms. The molecule has 1 aromatic carbocycles. The van der Waals surface area contributed by atoms with Crippen molar-refractivity contribution in [2.24, 2.45) is 11.8 Å². The van der Waals surface area contributed by atoms with E-state index in [1.54, 1.807) is 30.4 Å². The summed E-state index contributed by atoms with van der Waals surface area (Å²) in [5.74, 6) is 0.431. The number of aromatic nitrogens is 1. The topological polar surface area (TPSA) is 62.7 Å². The number of nitrogens with zero attached hydrogens (tertiary/aromatic N) is 2. The van der Waals surface area contributed by atoms with Crippen molar-refractivity contribution in [3.63, 3.8) is 0 Å². The zero-order valence-corrected chi connectivity index (χ0v) is 18.4. The van der Waals surface area contributed by atoms with E-state index in [4.69, 9.17) is 4.74 Å². The summed E-state index contributed by atoms with van der Waals surface area (Å²) in [6.07, 6.45) is 6.21. The number of ether oxygens (including phenoxy) is 1. The summed E-state index contributed by atoms with van der Waals surface area (Å²) in [7, 11) is 1.78. The fraction of sp³-hybridized carbons (Fsp3) is 0.440. The van der Waals surface area contributed by atoms with Gasteiger partial charge in [-0.2, -0.15) is 0 Å². The predicted molar refractivity (Wildman–Crippen MR) is 118 cm³/mol. The molecule has 5 heteroatoms. The van der Waals surface area contributed by atoms with E-state index >= 15 is 0 Å². The van der Waals surface area contributed by atoms with Crippen LogP contribution in [0.15, 0.2) is 43.2 Å². The molecule has 1 aromatic heterocycles. The summed E-state index contributed by atoms with van der Waals surface area (Å²) in [5.41, 5.74) is 5.19. The van der Waals surface area contributed by atoms with Crippen molar-refractivity contribution in [3.05, 3.63) is 71.1 Å². The van der Waals surface area contributed by atoms with Gasteiger partial charge in [-0.15, -0.1) is 6.58 Å². The smallest absolute Gasteiger partial charge is 0.225 e. The van der Waals surface area contributed by atoms with Crippen LogP contribution in [-0.4, -0.2) is 34.5 Å². The van der Waals surface area contributed by atoms with Gasteiger partial charge in [-0.3, -0.25) is 9.78 Å². The van der Waals surface area contributed by atoms with Crippen LogP contribution in [-0.2, 0) is 17.8 Å². The molecule has 1 aliphatic rings. The molecule has 0 saturated carbocycles. The van der Waals surface area contributed by atoms with Crippen LogP contribution in [0, 0.1) is 25.7 Å². The van der Waals surface area contributed by atoms with E-state index in [0.29, 0.717) is 13.2 Å². The second kappa shape index (κ2) is 9.43. The lowest BCUT2D eigenvalue weighted by Crippen LogP contribution is -2.39. The van der Waals surface area contributed by atoms with E-state index in [1.807, 2.05) is 26.0 Å². The highest BCUT2D eigenvalue weighted by molar-refractivity contribution is 5.79. The van der Waals surface area contributed by atoms with E-state index in [-0.39, 0.29) is 17.7 Å². The van der Waals surface area contributed by atoms with Gasteiger partial charge in [-0.25, -0.2) is 0 Å². The van der Waals surface area contributed by atoms with Crippen molar-refractivity contribution >= 4 is 5.91 Å². The Bertz CT molecular complexity index is 910. The third-order valence-electron chi connectivity index (χ3n) is 6.28. The molecular weight excluding hydrogens is 376 g/mol. The molecule has 1 aliphatic carbocycles. The number of carbonyl (C=O) groups is 1. The molecule has 1 amide bonds. The molecule has 1 heterocycles. The Balaban J connectivity index is 1.86. The molecule has 2 aromatic rings. The number of likely N-dealkylation sites (N-methyl/N-ethyl adjacent to an activating group) is 1. The Kier molecular flexibility index (Phi) is 6.93. The number of hydrogen-bond donors (Lipinski definition) is 1. The zero-order chi connectivity index (χ0) is 21.8. The maximum absolute atomic E-state index is 12.8. The number of aliphatic hydroxyl groups excluding tert-OH is 1. The van der Waals surface area contributed by atoms with E-state index in [9.17, 15) is 9.90 Å². The Morgan fingerprint density at radius 1 is 1.47 bits per heavy atom. The van der Waals surface area contributed by atoms with Crippen LogP contribution in [0.5, 0.6) is 5.75 Å². The summed E-state index contributed by atoms with van der Waals surface area (Å²) >= 11 is 0. The van der Waals surface area contributed by atoms with E-state index in [0.717, 1.165) is 40.8 Å². The Hall–Kier alpha value is -2.66. The molecular formula is C25H32N2O3. The Morgan fingerprint density at radius 3 is 2.90 bits per heavy atom. The molecule has 1 N–H and O–H groups in total. The molecule has 0 radical (unpaired) electrons. The van der Waals surface area contributed by atoms with Crippen molar-refractivity contribution in [1.82, 2.24) is 9.88 Å². The lowest BCUT2D eigenvalue weighted by Gasteiger charge is -2.37. The van der Waals surface area contributed by atoms with E-state index < -0.39 is 6.10 Å². The second-order valence-corrected chi connectivity index (χ2v) is 8.30. The standard InChI is InChI=1S/C25H32N2O3/c1-6-12-27(5)25(29)17(3)21-10-9-20-16(2)13-22(18(4)23(20)24(21)28)30-15-19-8-7-11-26-14-19/h6-8,11,13-14,17,21,24,28H,1,9-10,12,15H2,2-5H3/t17-,21+,24+/m0/s1. The maximum Gasteiger partial charge on any atom is 0.225 e. The molecule has 0 aliphatic heterocycles. The van der Waals surface area contributed by atoms with E-state index in [1.165, 1.54) is 5.56 Å². The van der Waals surface area contributed by atoms with Gasteiger partial charge in [-0.05, 0) is 61.1 Å². The minimum Gasteiger partial charge on any atom is -0.489 e. The second-order valence-electron chi connectivity index (χ2n) is 8.30. The number of pyridine rings is 1. The minimum absolute atomic E-state index is 0.0424. The molecule has 0 spiro atoms. The number of aryl methyl sites for hydroxylation is 1. The third kappa shape index (κ3) is 4.41. The lowest BCUT2D eigenvalue weighted by atomic mass is 9.72. The molecule has 0 unspecified atom stereocenters. The monoisotopic (exact) mass is 408 g/mol. The highest BCUT2D eigenvalue weighted by Gasteiger charge is 2.37. The summed E-state index contributed by atoms with van der Waals surface area (Å²) in [6, 6.07) is 5.93. The summed E-state index contributed by atoms with van der Waals surface area (Å²) < 4.78 is 6.09. The predicted octanol–water partition coefficient (Wildman–Crippen LogP) is 4.15. The van der Waals surface area contributed by atoms with Crippen molar-refractivity contribution < 1.29 is 14.6 Å². The molecule has 3 atom stereocenters. The maximum atomic E-state index is 12.8. The van der Waals surface area contributed by atoms with Gasteiger partial charge in [0.05, 0.1) is 6.10 Å². The number of amides is 1. The van der Waals surface area contributed by atoms with Gasteiger partial charge in [-0.1, -0.05) is 19.1 Å². The molecule has 5 nitrogen and oxygen atoms in total. The first-order valence-electron chi connectivity index (χ1n) is 10.5. The van der Waals surface area contributed by atoms with Crippen LogP contribution in [0.2, 0.25) is 0 Å². The van der Waals surface area contributed by atoms with Crippen molar-refractivity contribution in [2.45, 2.75) is 46.3 Å². The van der Waals surface area contributed by atoms with Gasteiger partial charge >= 0.3 is 0 Å². The SMILES string of the molecule is C=CCN(C)C(=O)[C@@H](C)[C@H]1CCc2c(C)cc(OCc3cccnc3)c(C)c2[C@@H]1O. The highest BCUT2D eigenvalue weighted by atomic mass is 16.5. The fourth-order valence-corrected chi connectivity index (χ4v) is 4.51. The van der Waals surface area contributed by atoms with Crippen LogP contribution >= 0.6 is 0 Å². The highest BCUT2D eigenvalue weighted by Crippen LogP contribution is 2.44. The average molecular weight is 409 g/mol. The van der Waals surface area contributed by atoms with Gasteiger partial charge in [0.2, 0.25) is 5.91 Å². The minimum atomic E-state index is -0.689. The number of fused-ring (bicyclic) bond motifs is 1. The third-order valence-corrected chi connectivity index (χ3v) is 6.28. The van der Waals surface area contributed by atoms with Crippen LogP contribution in [0.1, 0.15) is 47.3 Å². The molecule has 0 saturated heterocycles. The summed E-state index contributed by atoms with van der Waals surface area (Å²) in [6.45, 7) is 10.6. The Morgan fingerprint density at radius 2 is 2.23 bits per heavy atom. The Labute approximate surface area is 179 Å². The van der Waals surface area contributed by atoms with E-state index in [2.05, 4.69) is 24.6 Å². The first-order valence-corrected chi connectivity index (χ1v) is 10.5. The molecule has 3 rings (SSSR count). The summed E-state index contributed by atoms with van der Waals surface area (Å²) in [5, 5.41) is 11.3. The van der Waals surface area contributed by atoms with Crippen molar-refractivity contribution in [3.8, 4) is 5.75 Å². The first-order chi connectivity index (χ1) is 14.3. The largest absolute Gasteiger partial charge is 0.489 e. The number of rotatable bonds is 7. The first kappa shape index (κ1) is 22.0. The van der Waals surface area contributed by atoms with Crippen LogP contribution in [0.3, 0.4) is 0 Å². The van der Waals surface area contributed by atoms with Gasteiger partial charge in [0.15, 0.2) is 0 Å². The number of benzene rings is 1. The van der Waals surface area contributed by atoms with Gasteiger partial charge < -0.3 is 14.7 Å². The molecule has 30 heavy (non-hydrogen) atoms. The van der Waals surface area contributed by atoms with Crippen molar-refractivity contribution in [2.75, 3.05) is 13.6 Å². The van der Waals surface area contributed by atoms with Crippen LogP contribution in [0.4, 0.5) is 0 Å².